The lowest BCUT2D eigenvalue weighted by Gasteiger charge is -2.12. The van der Waals surface area contributed by atoms with E-state index in [1.54, 1.807) is 7.11 Å². The van der Waals surface area contributed by atoms with Crippen LogP contribution < -0.4 is 10.1 Å². The standard InChI is InChI=1S/C18H26N2O/c1-4-5-6-7-8-11-19-18-12-14(2)20-17-10-9-15(21-3)13-16(17)18/h9-10,12-13H,4-8,11H2,1-3H3,(H,19,20). The molecule has 1 aromatic heterocycles. The summed E-state index contributed by atoms with van der Waals surface area (Å²) in [6, 6.07) is 8.16. The molecular formula is C18H26N2O. The molecule has 1 aromatic carbocycles. The highest BCUT2D eigenvalue weighted by molar-refractivity contribution is 5.92. The van der Waals surface area contributed by atoms with Crippen LogP contribution in [0.5, 0.6) is 5.75 Å². The Morgan fingerprint density at radius 1 is 1.10 bits per heavy atom. The molecule has 1 heterocycles. The summed E-state index contributed by atoms with van der Waals surface area (Å²) in [6.07, 6.45) is 6.48. The van der Waals surface area contributed by atoms with Crippen LogP contribution in [0.3, 0.4) is 0 Å². The number of hydrogen-bond acceptors (Lipinski definition) is 3. The van der Waals surface area contributed by atoms with Crippen LogP contribution >= 0.6 is 0 Å². The smallest absolute Gasteiger partial charge is 0.119 e. The number of hydrogen-bond donors (Lipinski definition) is 1. The van der Waals surface area contributed by atoms with Gasteiger partial charge in [-0.2, -0.15) is 0 Å². The number of anilines is 1. The molecule has 0 aliphatic heterocycles. The van der Waals surface area contributed by atoms with Crippen LogP contribution in [0.15, 0.2) is 24.3 Å². The van der Waals surface area contributed by atoms with Crippen molar-refractivity contribution in [2.24, 2.45) is 0 Å². The predicted octanol–water partition coefficient (Wildman–Crippen LogP) is 4.93. The highest BCUT2D eigenvalue weighted by Gasteiger charge is 2.05. The van der Waals surface area contributed by atoms with Gasteiger partial charge in [0.25, 0.3) is 0 Å². The molecule has 0 radical (unpaired) electrons. The molecule has 0 saturated carbocycles. The van der Waals surface area contributed by atoms with Gasteiger partial charge in [0.15, 0.2) is 0 Å². The third kappa shape index (κ3) is 4.35. The van der Waals surface area contributed by atoms with Gasteiger partial charge in [-0.1, -0.05) is 32.6 Å². The Balaban J connectivity index is 2.07. The largest absolute Gasteiger partial charge is 0.497 e. The average Bonchev–Trinajstić information content (AvgIpc) is 2.50. The quantitative estimate of drug-likeness (QED) is 0.698. The topological polar surface area (TPSA) is 34.2 Å². The van der Waals surface area contributed by atoms with Crippen molar-refractivity contribution in [2.75, 3.05) is 19.0 Å². The summed E-state index contributed by atoms with van der Waals surface area (Å²) in [4.78, 5) is 4.58. The van der Waals surface area contributed by atoms with Gasteiger partial charge < -0.3 is 10.1 Å². The molecule has 0 aliphatic rings. The molecule has 0 bridgehead atoms. The maximum atomic E-state index is 5.32. The number of nitrogens with one attached hydrogen (secondary N) is 1. The van der Waals surface area contributed by atoms with Gasteiger partial charge in [-0.05, 0) is 37.6 Å². The van der Waals surface area contributed by atoms with Crippen molar-refractivity contribution in [1.29, 1.82) is 0 Å². The van der Waals surface area contributed by atoms with E-state index in [0.29, 0.717) is 0 Å². The Morgan fingerprint density at radius 2 is 1.90 bits per heavy atom. The summed E-state index contributed by atoms with van der Waals surface area (Å²) >= 11 is 0. The van der Waals surface area contributed by atoms with E-state index in [1.165, 1.54) is 32.1 Å². The van der Waals surface area contributed by atoms with E-state index in [4.69, 9.17) is 4.74 Å². The van der Waals surface area contributed by atoms with Crippen LogP contribution in [0, 0.1) is 6.92 Å². The van der Waals surface area contributed by atoms with Crippen molar-refractivity contribution in [3.05, 3.63) is 30.0 Å². The van der Waals surface area contributed by atoms with Crippen LogP contribution in [-0.2, 0) is 0 Å². The van der Waals surface area contributed by atoms with Gasteiger partial charge >= 0.3 is 0 Å². The van der Waals surface area contributed by atoms with Crippen molar-refractivity contribution in [3.8, 4) is 5.75 Å². The Kier molecular flexibility index (Phi) is 5.85. The second-order valence-corrected chi connectivity index (χ2v) is 5.54. The molecular weight excluding hydrogens is 260 g/mol. The van der Waals surface area contributed by atoms with E-state index in [2.05, 4.69) is 29.4 Å². The number of aryl methyl sites for hydroxylation is 1. The van der Waals surface area contributed by atoms with Gasteiger partial charge in [0.2, 0.25) is 0 Å². The molecule has 0 amide bonds. The SMILES string of the molecule is CCCCCCCNc1cc(C)nc2ccc(OC)cc12. The number of methoxy groups -OCH3 is 1. The van der Waals surface area contributed by atoms with E-state index in [-0.39, 0.29) is 0 Å². The van der Waals surface area contributed by atoms with Crippen molar-refractivity contribution >= 4 is 16.6 Å². The second kappa shape index (κ2) is 7.87. The highest BCUT2D eigenvalue weighted by Crippen LogP contribution is 2.27. The van der Waals surface area contributed by atoms with Gasteiger partial charge in [0, 0.05) is 23.3 Å². The van der Waals surface area contributed by atoms with Crippen LogP contribution in [-0.4, -0.2) is 18.6 Å². The molecule has 21 heavy (non-hydrogen) atoms. The van der Waals surface area contributed by atoms with E-state index < -0.39 is 0 Å². The average molecular weight is 286 g/mol. The minimum Gasteiger partial charge on any atom is -0.497 e. The fourth-order valence-electron chi connectivity index (χ4n) is 2.56. The third-order valence-electron chi connectivity index (χ3n) is 3.74. The number of ether oxygens (including phenoxy) is 1. The van der Waals surface area contributed by atoms with E-state index in [9.17, 15) is 0 Å². The Morgan fingerprint density at radius 3 is 2.67 bits per heavy atom. The lowest BCUT2D eigenvalue weighted by molar-refractivity contribution is 0.415. The number of aromatic nitrogens is 1. The van der Waals surface area contributed by atoms with Crippen LogP contribution in [0.4, 0.5) is 5.69 Å². The summed E-state index contributed by atoms with van der Waals surface area (Å²) in [6.45, 7) is 5.30. The maximum absolute atomic E-state index is 5.32. The van der Waals surface area contributed by atoms with Crippen LogP contribution in [0.1, 0.15) is 44.7 Å². The first kappa shape index (κ1) is 15.6. The molecule has 0 saturated heterocycles. The first-order valence-electron chi connectivity index (χ1n) is 7.94. The van der Waals surface area contributed by atoms with Crippen molar-refractivity contribution in [1.82, 2.24) is 4.98 Å². The number of benzene rings is 1. The van der Waals surface area contributed by atoms with Crippen molar-refractivity contribution in [3.63, 3.8) is 0 Å². The number of unbranched alkanes of at least 4 members (excludes halogenated alkanes) is 4. The normalized spacial score (nSPS) is 10.8. The lowest BCUT2D eigenvalue weighted by Crippen LogP contribution is -2.03. The summed E-state index contributed by atoms with van der Waals surface area (Å²) in [5, 5.41) is 4.69. The Hall–Kier alpha value is -1.77. The molecule has 3 heteroatoms. The van der Waals surface area contributed by atoms with Crippen molar-refractivity contribution in [2.45, 2.75) is 46.0 Å². The van der Waals surface area contributed by atoms with Gasteiger partial charge in [-0.25, -0.2) is 0 Å². The number of nitrogens with zero attached hydrogens (tertiary/aromatic N) is 1. The van der Waals surface area contributed by atoms with Gasteiger partial charge in [-0.15, -0.1) is 0 Å². The molecule has 0 atom stereocenters. The molecule has 2 aromatic rings. The van der Waals surface area contributed by atoms with Gasteiger partial charge in [0.1, 0.15) is 5.75 Å². The first-order valence-corrected chi connectivity index (χ1v) is 7.94. The number of fused-ring (bicyclic) bond motifs is 1. The Bertz CT molecular complexity index is 581. The lowest BCUT2D eigenvalue weighted by atomic mass is 10.1. The minimum absolute atomic E-state index is 0.874. The molecule has 0 fully saturated rings. The zero-order valence-corrected chi connectivity index (χ0v) is 13.4. The molecule has 1 N–H and O–H groups in total. The first-order chi connectivity index (χ1) is 10.2. The second-order valence-electron chi connectivity index (χ2n) is 5.54. The zero-order valence-electron chi connectivity index (χ0n) is 13.4. The summed E-state index contributed by atoms with van der Waals surface area (Å²) in [5.74, 6) is 0.874. The van der Waals surface area contributed by atoms with E-state index in [0.717, 1.165) is 34.6 Å². The predicted molar refractivity (Wildman–Crippen MR) is 90.3 cm³/mol. The van der Waals surface area contributed by atoms with E-state index in [1.807, 2.05) is 19.1 Å². The summed E-state index contributed by atoms with van der Waals surface area (Å²) < 4.78 is 5.32. The number of pyridine rings is 1. The zero-order chi connectivity index (χ0) is 15.1. The van der Waals surface area contributed by atoms with Crippen molar-refractivity contribution < 1.29 is 4.74 Å². The highest BCUT2D eigenvalue weighted by atomic mass is 16.5. The fraction of sp³-hybridized carbons (Fsp3) is 0.500. The van der Waals surface area contributed by atoms with Crippen LogP contribution in [0.2, 0.25) is 0 Å². The molecule has 2 rings (SSSR count). The minimum atomic E-state index is 0.874. The molecule has 0 aliphatic carbocycles. The van der Waals surface area contributed by atoms with Gasteiger partial charge in [-0.3, -0.25) is 4.98 Å². The molecule has 3 nitrogen and oxygen atoms in total. The van der Waals surface area contributed by atoms with Crippen LogP contribution in [0.25, 0.3) is 10.9 Å². The van der Waals surface area contributed by atoms with E-state index >= 15 is 0 Å². The molecule has 0 spiro atoms. The summed E-state index contributed by atoms with van der Waals surface area (Å²) in [7, 11) is 1.70. The Labute approximate surface area is 127 Å². The number of rotatable bonds is 8. The molecule has 114 valence electrons. The maximum Gasteiger partial charge on any atom is 0.119 e. The summed E-state index contributed by atoms with van der Waals surface area (Å²) in [5.41, 5.74) is 3.22. The molecule has 0 unspecified atom stereocenters. The van der Waals surface area contributed by atoms with Gasteiger partial charge in [0.05, 0.1) is 12.6 Å². The third-order valence-corrected chi connectivity index (χ3v) is 3.74. The monoisotopic (exact) mass is 286 g/mol. The fourth-order valence-corrected chi connectivity index (χ4v) is 2.56.